The first kappa shape index (κ1) is 69.1. The molecule has 0 spiro atoms. The first-order chi connectivity index (χ1) is 41.2. The number of aliphatic hydroxyl groups excluding tert-OH is 2. The molecule has 1 saturated heterocycles. The maximum absolute atomic E-state index is 15.4. The molecule has 1 heterocycles. The summed E-state index contributed by atoms with van der Waals surface area (Å²) in [5, 5.41) is 51.5. The number of benzene rings is 3. The van der Waals surface area contributed by atoms with E-state index in [2.05, 4.69) is 33.2 Å². The summed E-state index contributed by atoms with van der Waals surface area (Å²) >= 11 is 0.397. The Morgan fingerprint density at radius 2 is 1.44 bits per heavy atom. The third kappa shape index (κ3) is 15.1. The van der Waals surface area contributed by atoms with Crippen LogP contribution in [0.15, 0.2) is 114 Å². The van der Waals surface area contributed by atoms with Gasteiger partial charge in [0.25, 0.3) is 0 Å². The van der Waals surface area contributed by atoms with Gasteiger partial charge in [0.05, 0.1) is 6.54 Å². The van der Waals surface area contributed by atoms with E-state index in [0.717, 1.165) is 0 Å². The fraction of sp³-hybridized carbons (Fsp3) is 0.516. The maximum atomic E-state index is 15.4. The molecular weight excluding hydrogens is 1360 g/mol. The van der Waals surface area contributed by atoms with E-state index in [1.54, 1.807) is 127 Å². The normalized spacial score (nSPS) is 26.7. The standard InChI is InChI=1S/C64H80I2N5O17/c1-34(2)27-41(70-55(79)42(28-37-21-15-12-16-22-37)69-46(73)31-67-53(77)35(3)4)54(78)68-32-47(74)86-50(52(66-39-25-19-14-20-26-39)71-59(82)88-60(6,7)8)57(81)85-44-30-63(83)58(87-56(80)38-23-17-13-18-24-38)64(65)40-33-84-43(40)29-45(72)62(64,11)51(76)49(75)48(36(44)5)61(63,9)10/h12-26,34,40-45,49-50,52,58,72,75,83H,3,27-33H2,1-2,4-11H3,(H,67,77)(H,68,78)(H,69,73)(H,70,79)(H,71,82)/q-2/t40?,41?,42?,43?,44?,45-,49+,50+,52?,58?,62-,63+,64?/m0/s1. The Morgan fingerprint density at radius 3 is 2.02 bits per heavy atom. The predicted molar refractivity (Wildman–Crippen MR) is 310 cm³/mol. The van der Waals surface area contributed by atoms with Crippen LogP contribution >= 0.6 is 0 Å². The number of hydrogen-bond acceptors (Lipinski definition) is 17. The van der Waals surface area contributed by atoms with Crippen molar-refractivity contribution in [3.05, 3.63) is 129 Å². The van der Waals surface area contributed by atoms with E-state index < -0.39 is 178 Å². The zero-order valence-corrected chi connectivity index (χ0v) is 55.3. The Balaban J connectivity index is 1.23. The quantitative estimate of drug-likeness (QED) is 0.00974. The predicted octanol–water partition coefficient (Wildman–Crippen LogP) is -2.59. The van der Waals surface area contributed by atoms with Crippen molar-refractivity contribution in [3.8, 4) is 0 Å². The second-order valence-corrected chi connectivity index (χ2v) is 29.9. The molecule has 3 aliphatic carbocycles. The van der Waals surface area contributed by atoms with Crippen LogP contribution in [-0.2, 0) is 63.7 Å². The number of hydrogen-bond donors (Lipinski definition) is 8. The van der Waals surface area contributed by atoms with Gasteiger partial charge < -0.3 is 5.32 Å². The molecule has 22 nitrogen and oxygen atoms in total. The molecule has 2 bridgehead atoms. The first-order valence-electron chi connectivity index (χ1n) is 29.1. The molecule has 24 heteroatoms. The SMILES string of the molecule is C=C(C)C(=O)NCC(=O)NC(Cc1ccccc1)C(=O)NC(CC(C)C)C(=O)NCC(=O)O[C@@H](C(=O)OC1C[C@@]2(O)C(OC(=O)c3ccccc3)C3([I-])C4COC4C[C@H](O)[C@@]3(C)C(=O)[C@H](O)C(=C1C)C2(C)C)C(NC(=O)OC(C)(C)C)[I-]c1ccccc1. The van der Waals surface area contributed by atoms with Crippen LogP contribution in [0.1, 0.15) is 104 Å². The van der Waals surface area contributed by atoms with Crippen LogP contribution in [0.25, 0.3) is 0 Å². The fourth-order valence-electron chi connectivity index (χ4n) is 12.0. The molecule has 3 aromatic rings. The molecule has 7 rings (SSSR count). The van der Waals surface area contributed by atoms with E-state index in [0.29, 0.717) is 9.13 Å². The molecule has 479 valence electrons. The van der Waals surface area contributed by atoms with Gasteiger partial charge in [-0.25, -0.2) is 0 Å². The van der Waals surface area contributed by atoms with Crippen LogP contribution < -0.4 is 70.4 Å². The molecule has 8 unspecified atom stereocenters. The van der Waals surface area contributed by atoms with Gasteiger partial charge in [0.1, 0.15) is 0 Å². The van der Waals surface area contributed by atoms with Gasteiger partial charge in [-0.05, 0) is 12.5 Å². The van der Waals surface area contributed by atoms with Crippen molar-refractivity contribution < 1.29 is 126 Å². The van der Waals surface area contributed by atoms with Gasteiger partial charge >= 0.3 is 433 Å². The van der Waals surface area contributed by atoms with Crippen LogP contribution in [0.4, 0.5) is 4.79 Å². The molecule has 8 N–H and O–H groups in total. The van der Waals surface area contributed by atoms with E-state index >= 15 is 9.59 Å². The zero-order chi connectivity index (χ0) is 64.8. The number of ether oxygens (including phenoxy) is 5. The summed E-state index contributed by atoms with van der Waals surface area (Å²) in [6, 6.07) is 22.9. The number of alkyl carbamates (subject to hydrolysis) is 1. The third-order valence-electron chi connectivity index (χ3n) is 16.8. The number of alkyl halides is 2. The Labute approximate surface area is 536 Å². The van der Waals surface area contributed by atoms with Crippen LogP contribution in [-0.4, -0.2) is 156 Å². The number of Topliss-reactive ketones (excluding diaryl/α,β-unsaturated/α-hetero) is 1. The summed E-state index contributed by atoms with van der Waals surface area (Å²) in [6.07, 6.45) is -10.9. The minimum absolute atomic E-state index is 0.00403. The Morgan fingerprint density at radius 1 is 0.830 bits per heavy atom. The number of rotatable bonds is 22. The van der Waals surface area contributed by atoms with E-state index in [9.17, 15) is 48.9 Å². The molecule has 0 aromatic heterocycles. The number of fused-ring (bicyclic) bond motifs is 5. The van der Waals surface area contributed by atoms with Gasteiger partial charge in [-0.3, -0.25) is 9.59 Å². The van der Waals surface area contributed by atoms with E-state index in [1.165, 1.54) is 32.9 Å². The molecule has 5 amide bonds. The second kappa shape index (κ2) is 28.2. The topological polar surface area (TPSA) is 321 Å². The number of aliphatic hydroxyl groups is 3. The Hall–Kier alpha value is -6.33. The van der Waals surface area contributed by atoms with Crippen molar-refractivity contribution in [1.82, 2.24) is 26.6 Å². The third-order valence-corrected chi connectivity index (χ3v) is 22.3. The molecular formula is C64H80I2N5O17-2. The van der Waals surface area contributed by atoms with E-state index in [4.69, 9.17) is 23.7 Å². The van der Waals surface area contributed by atoms with Gasteiger partial charge in [0, 0.05) is 5.57 Å². The minimum atomic E-state index is -2.35. The average molecular weight is 1450 g/mol. The molecule has 13 atom stereocenters. The van der Waals surface area contributed by atoms with Gasteiger partial charge in [-0.15, -0.1) is 0 Å². The van der Waals surface area contributed by atoms with Gasteiger partial charge in [-0.2, -0.15) is 0 Å². The summed E-state index contributed by atoms with van der Waals surface area (Å²) in [5.41, 5.74) is -5.98. The van der Waals surface area contributed by atoms with Crippen molar-refractivity contribution in [1.29, 1.82) is 0 Å². The number of carbonyl (C=O) groups excluding carboxylic acids is 9. The van der Waals surface area contributed by atoms with Crippen molar-refractivity contribution in [2.24, 2.45) is 22.7 Å². The summed E-state index contributed by atoms with van der Waals surface area (Å²) in [7, 11) is 0. The van der Waals surface area contributed by atoms with Crippen LogP contribution in [0.2, 0.25) is 0 Å². The summed E-state index contributed by atoms with van der Waals surface area (Å²) in [4.78, 5) is 127. The zero-order valence-electron chi connectivity index (χ0n) is 51.0. The van der Waals surface area contributed by atoms with Crippen LogP contribution in [0.3, 0.4) is 0 Å². The van der Waals surface area contributed by atoms with Crippen molar-refractivity contribution in [2.75, 3.05) is 19.7 Å². The van der Waals surface area contributed by atoms with Gasteiger partial charge in [0.2, 0.25) is 11.8 Å². The van der Waals surface area contributed by atoms with E-state index in [-0.39, 0.29) is 54.1 Å². The molecule has 4 aliphatic rings. The molecule has 3 aromatic carbocycles. The number of amides is 5. The van der Waals surface area contributed by atoms with Gasteiger partial charge in [0.15, 0.2) is 0 Å². The molecule has 88 heavy (non-hydrogen) atoms. The summed E-state index contributed by atoms with van der Waals surface area (Å²) in [6.45, 7) is 18.3. The van der Waals surface area contributed by atoms with Crippen LogP contribution in [0.5, 0.6) is 0 Å². The van der Waals surface area contributed by atoms with Crippen molar-refractivity contribution in [2.45, 2.75) is 162 Å². The Kier molecular flexibility index (Phi) is 22.2. The number of esters is 3. The number of ketones is 1. The monoisotopic (exact) mass is 1440 g/mol. The molecule has 1 radical (unpaired) electrons. The van der Waals surface area contributed by atoms with Crippen LogP contribution in [0, 0.1) is 26.2 Å². The number of halogens is 2. The number of carbonyl (C=O) groups is 9. The average Bonchev–Trinajstić information content (AvgIpc) is 0.672. The molecule has 3 fully saturated rings. The second-order valence-electron chi connectivity index (χ2n) is 24.9. The summed E-state index contributed by atoms with van der Waals surface area (Å²) in [5.74, 6) is -7.91. The van der Waals surface area contributed by atoms with E-state index in [1.807, 2.05) is 22.6 Å². The first-order valence-corrected chi connectivity index (χ1v) is 32.5. The molecule has 2 saturated carbocycles. The number of nitrogens with one attached hydrogen (secondary N) is 5. The van der Waals surface area contributed by atoms with Gasteiger partial charge in [-0.1, -0.05) is 55.1 Å². The Bertz CT molecular complexity index is 3160. The summed E-state index contributed by atoms with van der Waals surface area (Å²) < 4.78 is 28.1. The van der Waals surface area contributed by atoms with Crippen molar-refractivity contribution >= 4 is 53.4 Å². The fourth-order valence-corrected chi connectivity index (χ4v) is 16.6. The van der Waals surface area contributed by atoms with Crippen molar-refractivity contribution in [3.63, 3.8) is 0 Å². The molecule has 1 aliphatic heterocycles.